The Morgan fingerprint density at radius 1 is 1.32 bits per heavy atom. The number of halogens is 1. The maximum Gasteiger partial charge on any atom is 0.274 e. The summed E-state index contributed by atoms with van der Waals surface area (Å²) in [6.45, 7) is 2.15. The summed E-state index contributed by atoms with van der Waals surface area (Å²) in [5.41, 5.74) is 0.592. The number of pyridine rings is 1. The largest absolute Gasteiger partial charge is 0.481 e. The summed E-state index contributed by atoms with van der Waals surface area (Å²) in [6, 6.07) is 3.23. The minimum Gasteiger partial charge on any atom is -0.481 e. The predicted octanol–water partition coefficient (Wildman–Crippen LogP) is 1.09. The van der Waals surface area contributed by atoms with Crippen LogP contribution < -0.4 is 15.4 Å². The van der Waals surface area contributed by atoms with Crippen LogP contribution in [0.25, 0.3) is 11.3 Å². The molecule has 2 amide bonds. The van der Waals surface area contributed by atoms with E-state index in [0.717, 1.165) is 32.1 Å². The zero-order valence-electron chi connectivity index (χ0n) is 17.3. The zero-order valence-corrected chi connectivity index (χ0v) is 17.3. The fourth-order valence-corrected chi connectivity index (χ4v) is 4.51. The molecule has 9 nitrogen and oxygen atoms in total. The van der Waals surface area contributed by atoms with Gasteiger partial charge in [-0.05, 0) is 31.7 Å². The van der Waals surface area contributed by atoms with E-state index in [1.54, 1.807) is 6.07 Å². The number of nitrogens with zero attached hydrogens (tertiary/aromatic N) is 3. The van der Waals surface area contributed by atoms with Gasteiger partial charge >= 0.3 is 0 Å². The number of hydrogen-bond donors (Lipinski definition) is 3. The Kier molecular flexibility index (Phi) is 4.88. The standard InChI is InChI=1S/C21H25FN6O3/c1-31-18-6-14(15(22)11-24-18)16-7-17(27-26-16)20(30)28-5-2-12(8-21(28)3-4-21)19(29)25-13-9-23-10-13/h6-7,11-13,23H,2-5,8-10H2,1H3,(H,25,29)(H,26,27)/t12-/m0/s1. The summed E-state index contributed by atoms with van der Waals surface area (Å²) in [7, 11) is 1.45. The molecule has 1 spiro atoms. The number of nitrogens with one attached hydrogen (secondary N) is 3. The average Bonchev–Trinajstić information content (AvgIpc) is 3.32. The number of amides is 2. The lowest BCUT2D eigenvalue weighted by atomic mass is 9.87. The Morgan fingerprint density at radius 3 is 2.81 bits per heavy atom. The highest BCUT2D eigenvalue weighted by atomic mass is 19.1. The van der Waals surface area contributed by atoms with E-state index in [-0.39, 0.29) is 46.5 Å². The second-order valence-electron chi connectivity index (χ2n) is 8.61. The van der Waals surface area contributed by atoms with Crippen molar-refractivity contribution in [1.29, 1.82) is 0 Å². The molecule has 5 rings (SSSR count). The number of likely N-dealkylation sites (tertiary alicyclic amines) is 1. The van der Waals surface area contributed by atoms with Crippen LogP contribution >= 0.6 is 0 Å². The van der Waals surface area contributed by atoms with E-state index < -0.39 is 5.82 Å². The molecule has 31 heavy (non-hydrogen) atoms. The Bertz CT molecular complexity index is 1020. The van der Waals surface area contributed by atoms with Gasteiger partial charge in [-0.15, -0.1) is 0 Å². The molecule has 1 saturated carbocycles. The van der Waals surface area contributed by atoms with Gasteiger partial charge in [0.1, 0.15) is 0 Å². The quantitative estimate of drug-likeness (QED) is 0.657. The van der Waals surface area contributed by atoms with Crippen molar-refractivity contribution in [3.63, 3.8) is 0 Å². The van der Waals surface area contributed by atoms with Gasteiger partial charge in [0.25, 0.3) is 5.91 Å². The fourth-order valence-electron chi connectivity index (χ4n) is 4.51. The first kappa shape index (κ1) is 19.9. The van der Waals surface area contributed by atoms with Gasteiger partial charge in [0.2, 0.25) is 11.8 Å². The van der Waals surface area contributed by atoms with Crippen LogP contribution in [0.4, 0.5) is 4.39 Å². The molecule has 1 aliphatic carbocycles. The molecule has 0 unspecified atom stereocenters. The number of aromatic amines is 1. The smallest absolute Gasteiger partial charge is 0.274 e. The van der Waals surface area contributed by atoms with Crippen LogP contribution in [0, 0.1) is 11.7 Å². The second kappa shape index (κ2) is 7.60. The highest BCUT2D eigenvalue weighted by molar-refractivity contribution is 5.94. The van der Waals surface area contributed by atoms with E-state index in [1.807, 2.05) is 4.90 Å². The second-order valence-corrected chi connectivity index (χ2v) is 8.61. The summed E-state index contributed by atoms with van der Waals surface area (Å²) in [4.78, 5) is 31.5. The molecule has 3 N–H and O–H groups in total. The van der Waals surface area contributed by atoms with E-state index in [0.29, 0.717) is 25.1 Å². The molecule has 2 aromatic heterocycles. The molecule has 4 heterocycles. The molecule has 1 atom stereocenters. The van der Waals surface area contributed by atoms with Gasteiger partial charge in [0.15, 0.2) is 11.5 Å². The molecule has 0 aromatic carbocycles. The third-order valence-electron chi connectivity index (χ3n) is 6.60. The third kappa shape index (κ3) is 3.65. The maximum atomic E-state index is 14.2. The molecule has 2 aliphatic heterocycles. The average molecular weight is 428 g/mol. The van der Waals surface area contributed by atoms with Crippen LogP contribution in [0.15, 0.2) is 18.3 Å². The Hall–Kier alpha value is -3.01. The third-order valence-corrected chi connectivity index (χ3v) is 6.60. The lowest BCUT2D eigenvalue weighted by molar-refractivity contribution is -0.128. The van der Waals surface area contributed by atoms with Crippen LogP contribution in [0.5, 0.6) is 5.88 Å². The topological polar surface area (TPSA) is 112 Å². The lowest BCUT2D eigenvalue weighted by Crippen LogP contribution is -2.59. The molecule has 0 bridgehead atoms. The van der Waals surface area contributed by atoms with Crippen molar-refractivity contribution in [2.45, 2.75) is 37.3 Å². The van der Waals surface area contributed by atoms with Crippen molar-refractivity contribution >= 4 is 11.8 Å². The normalized spacial score (nSPS) is 22.1. The van der Waals surface area contributed by atoms with E-state index >= 15 is 0 Å². The summed E-state index contributed by atoms with van der Waals surface area (Å²) in [5.74, 6) is -0.428. The van der Waals surface area contributed by atoms with E-state index in [9.17, 15) is 14.0 Å². The first-order chi connectivity index (χ1) is 15.0. The minimum absolute atomic E-state index is 0.0692. The number of rotatable bonds is 5. The van der Waals surface area contributed by atoms with Gasteiger partial charge < -0.3 is 20.3 Å². The van der Waals surface area contributed by atoms with Crippen LogP contribution in [-0.2, 0) is 4.79 Å². The highest BCUT2D eigenvalue weighted by Gasteiger charge is 2.54. The summed E-state index contributed by atoms with van der Waals surface area (Å²) >= 11 is 0. The minimum atomic E-state index is -0.532. The Labute approximate surface area is 178 Å². The zero-order chi connectivity index (χ0) is 21.6. The maximum absolute atomic E-state index is 14.2. The van der Waals surface area contributed by atoms with Crippen molar-refractivity contribution in [2.75, 3.05) is 26.7 Å². The molecule has 3 fully saturated rings. The molecule has 3 aliphatic rings. The SMILES string of the molecule is COc1cc(-c2cc(C(=O)N3CC[C@H](C(=O)NC4CNC4)CC34CC4)n[nH]2)c(F)cn1. The van der Waals surface area contributed by atoms with Gasteiger partial charge in [-0.25, -0.2) is 9.37 Å². The summed E-state index contributed by atoms with van der Waals surface area (Å²) in [6.07, 6.45) is 4.16. The number of aromatic nitrogens is 3. The van der Waals surface area contributed by atoms with Crippen LogP contribution in [0.2, 0.25) is 0 Å². The molecular weight excluding hydrogens is 403 g/mol. The van der Waals surface area contributed by atoms with Gasteiger partial charge in [-0.3, -0.25) is 14.7 Å². The number of hydrogen-bond acceptors (Lipinski definition) is 6. The van der Waals surface area contributed by atoms with Crippen LogP contribution in [0.3, 0.4) is 0 Å². The van der Waals surface area contributed by atoms with Gasteiger partial charge in [-0.2, -0.15) is 5.10 Å². The molecule has 0 radical (unpaired) electrons. The first-order valence-corrected chi connectivity index (χ1v) is 10.6. The monoisotopic (exact) mass is 428 g/mol. The van der Waals surface area contributed by atoms with Crippen molar-refractivity contribution < 1.29 is 18.7 Å². The molecule has 10 heteroatoms. The molecular formula is C21H25FN6O3. The first-order valence-electron chi connectivity index (χ1n) is 10.6. The molecule has 164 valence electrons. The predicted molar refractivity (Wildman–Crippen MR) is 109 cm³/mol. The number of methoxy groups -OCH3 is 1. The number of ether oxygens (including phenoxy) is 1. The number of carbonyl (C=O) groups is 2. The van der Waals surface area contributed by atoms with Gasteiger partial charge in [-0.1, -0.05) is 0 Å². The van der Waals surface area contributed by atoms with Crippen molar-refractivity contribution in [3.05, 3.63) is 29.8 Å². The van der Waals surface area contributed by atoms with E-state index in [4.69, 9.17) is 4.74 Å². The van der Waals surface area contributed by atoms with E-state index in [1.165, 1.54) is 13.2 Å². The fraction of sp³-hybridized carbons (Fsp3) is 0.524. The Morgan fingerprint density at radius 2 is 2.13 bits per heavy atom. The number of carbonyl (C=O) groups excluding carboxylic acids is 2. The number of H-pyrrole nitrogens is 1. The molecule has 2 saturated heterocycles. The van der Waals surface area contributed by atoms with Crippen LogP contribution in [0.1, 0.15) is 36.2 Å². The molecule has 2 aromatic rings. The van der Waals surface area contributed by atoms with Gasteiger partial charge in [0, 0.05) is 42.7 Å². The van der Waals surface area contributed by atoms with Crippen molar-refractivity contribution in [1.82, 2.24) is 30.7 Å². The number of piperidine rings is 1. The van der Waals surface area contributed by atoms with E-state index in [2.05, 4.69) is 25.8 Å². The highest BCUT2D eigenvalue weighted by Crippen LogP contribution is 2.50. The van der Waals surface area contributed by atoms with Crippen molar-refractivity contribution in [3.8, 4) is 17.1 Å². The summed E-state index contributed by atoms with van der Waals surface area (Å²) in [5, 5.41) is 13.1. The van der Waals surface area contributed by atoms with Gasteiger partial charge in [0.05, 0.1) is 25.0 Å². The lowest BCUT2D eigenvalue weighted by Gasteiger charge is -2.40. The van der Waals surface area contributed by atoms with Crippen molar-refractivity contribution in [2.24, 2.45) is 5.92 Å². The summed E-state index contributed by atoms with van der Waals surface area (Å²) < 4.78 is 19.3. The van der Waals surface area contributed by atoms with Crippen LogP contribution in [-0.4, -0.2) is 70.2 Å². The Balaban J connectivity index is 1.30.